The van der Waals surface area contributed by atoms with Gasteiger partial charge in [-0.25, -0.2) is 0 Å². The van der Waals surface area contributed by atoms with Gasteiger partial charge in [0.2, 0.25) is 0 Å². The monoisotopic (exact) mass is 242 g/mol. The topological polar surface area (TPSA) is 18.5 Å². The Balaban J connectivity index is 3.01. The molecule has 3 heteroatoms. The summed E-state index contributed by atoms with van der Waals surface area (Å²) in [6, 6.07) is 5.80. The Morgan fingerprint density at radius 1 is 1.31 bits per heavy atom. The van der Waals surface area contributed by atoms with Crippen molar-refractivity contribution in [3.63, 3.8) is 0 Å². The van der Waals surface area contributed by atoms with Gasteiger partial charge in [-0.15, -0.1) is 0 Å². The lowest BCUT2D eigenvalue weighted by atomic mass is 10.2. The molecule has 1 aromatic rings. The molecule has 0 aliphatic heterocycles. The molecule has 0 aliphatic rings. The van der Waals surface area contributed by atoms with Gasteiger partial charge >= 0.3 is 0 Å². The van der Waals surface area contributed by atoms with E-state index in [-0.39, 0.29) is 0 Å². The quantitative estimate of drug-likeness (QED) is 0.759. The third kappa shape index (κ3) is 2.77. The van der Waals surface area contributed by atoms with Gasteiger partial charge in [0.05, 0.1) is 20.5 Å². The molecule has 0 fully saturated rings. The number of hydrogen-bond donors (Lipinski definition) is 0. The average molecular weight is 243 g/mol. The SMILES string of the molecule is CO/C=C/c1cc(Br)ccc1OC. The van der Waals surface area contributed by atoms with E-state index in [1.54, 1.807) is 20.5 Å². The van der Waals surface area contributed by atoms with Crippen LogP contribution in [0.5, 0.6) is 5.75 Å². The first kappa shape index (κ1) is 10.1. The minimum Gasteiger partial charge on any atom is -0.504 e. The molecule has 0 saturated carbocycles. The van der Waals surface area contributed by atoms with Gasteiger partial charge in [-0.3, -0.25) is 0 Å². The van der Waals surface area contributed by atoms with Gasteiger partial charge < -0.3 is 9.47 Å². The van der Waals surface area contributed by atoms with E-state index in [1.165, 1.54) is 0 Å². The molecule has 0 spiro atoms. The summed E-state index contributed by atoms with van der Waals surface area (Å²) in [6.45, 7) is 0. The second-order valence-electron chi connectivity index (χ2n) is 2.42. The molecule has 0 unspecified atom stereocenters. The zero-order valence-corrected chi connectivity index (χ0v) is 9.17. The van der Waals surface area contributed by atoms with Crippen LogP contribution in [0.1, 0.15) is 5.56 Å². The summed E-state index contributed by atoms with van der Waals surface area (Å²) < 4.78 is 11.0. The molecule has 0 atom stereocenters. The van der Waals surface area contributed by atoms with Crippen LogP contribution in [0.3, 0.4) is 0 Å². The molecule has 13 heavy (non-hydrogen) atoms. The molecule has 1 aromatic carbocycles. The molecule has 1 rings (SSSR count). The van der Waals surface area contributed by atoms with Crippen molar-refractivity contribution in [2.24, 2.45) is 0 Å². The van der Waals surface area contributed by atoms with Gasteiger partial charge in [0.15, 0.2) is 0 Å². The number of benzene rings is 1. The third-order valence-corrected chi connectivity index (χ3v) is 2.07. The van der Waals surface area contributed by atoms with E-state index in [9.17, 15) is 0 Å². The second-order valence-corrected chi connectivity index (χ2v) is 3.34. The van der Waals surface area contributed by atoms with Crippen molar-refractivity contribution in [1.29, 1.82) is 0 Å². The Hall–Kier alpha value is -0.960. The number of ether oxygens (including phenoxy) is 2. The van der Waals surface area contributed by atoms with Crippen LogP contribution in [0.4, 0.5) is 0 Å². The minimum absolute atomic E-state index is 0.830. The zero-order valence-electron chi connectivity index (χ0n) is 7.58. The van der Waals surface area contributed by atoms with Gasteiger partial charge in [-0.05, 0) is 24.3 Å². The summed E-state index contributed by atoms with van der Waals surface area (Å²) >= 11 is 3.39. The Morgan fingerprint density at radius 2 is 2.08 bits per heavy atom. The Labute approximate surface area is 86.3 Å². The van der Waals surface area contributed by atoms with E-state index in [1.807, 2.05) is 24.3 Å². The lowest BCUT2D eigenvalue weighted by Crippen LogP contribution is -1.86. The number of rotatable bonds is 3. The maximum atomic E-state index is 5.17. The van der Waals surface area contributed by atoms with Crippen LogP contribution in [0, 0.1) is 0 Å². The Kier molecular flexibility index (Phi) is 3.83. The van der Waals surface area contributed by atoms with E-state index in [4.69, 9.17) is 9.47 Å². The first-order valence-electron chi connectivity index (χ1n) is 3.81. The summed E-state index contributed by atoms with van der Waals surface area (Å²) in [5.74, 6) is 0.830. The zero-order chi connectivity index (χ0) is 9.68. The standard InChI is InChI=1S/C10H11BrO2/c1-12-6-5-8-7-9(11)3-4-10(8)13-2/h3-7H,1-2H3/b6-5+. The maximum Gasteiger partial charge on any atom is 0.126 e. The van der Waals surface area contributed by atoms with Gasteiger partial charge in [-0.2, -0.15) is 0 Å². The average Bonchev–Trinajstić information content (AvgIpc) is 2.15. The van der Waals surface area contributed by atoms with Gasteiger partial charge in [-0.1, -0.05) is 15.9 Å². The van der Waals surface area contributed by atoms with Crippen LogP contribution in [0.2, 0.25) is 0 Å². The highest BCUT2D eigenvalue weighted by Gasteiger charge is 1.99. The summed E-state index contributed by atoms with van der Waals surface area (Å²) in [5, 5.41) is 0. The normalized spacial score (nSPS) is 10.4. The fourth-order valence-corrected chi connectivity index (χ4v) is 1.36. The summed E-state index contributed by atoms with van der Waals surface area (Å²) in [5.41, 5.74) is 0.985. The molecule has 70 valence electrons. The van der Waals surface area contributed by atoms with Crippen LogP contribution >= 0.6 is 15.9 Å². The van der Waals surface area contributed by atoms with Crippen molar-refractivity contribution in [2.45, 2.75) is 0 Å². The lowest BCUT2D eigenvalue weighted by molar-refractivity contribution is 0.341. The summed E-state index contributed by atoms with van der Waals surface area (Å²) in [6.07, 6.45) is 3.47. The molecule has 0 aliphatic carbocycles. The highest BCUT2D eigenvalue weighted by molar-refractivity contribution is 9.10. The Morgan fingerprint density at radius 3 is 2.69 bits per heavy atom. The first-order valence-corrected chi connectivity index (χ1v) is 4.60. The van der Waals surface area contributed by atoms with Crippen molar-refractivity contribution < 1.29 is 9.47 Å². The molecule has 0 bridgehead atoms. The summed E-state index contributed by atoms with van der Waals surface area (Å²) in [4.78, 5) is 0. The van der Waals surface area contributed by atoms with Crippen molar-refractivity contribution in [3.8, 4) is 5.75 Å². The number of hydrogen-bond acceptors (Lipinski definition) is 2. The smallest absolute Gasteiger partial charge is 0.126 e. The van der Waals surface area contributed by atoms with Crippen molar-refractivity contribution in [3.05, 3.63) is 34.5 Å². The largest absolute Gasteiger partial charge is 0.504 e. The highest BCUT2D eigenvalue weighted by Crippen LogP contribution is 2.23. The van der Waals surface area contributed by atoms with E-state index < -0.39 is 0 Å². The van der Waals surface area contributed by atoms with Crippen molar-refractivity contribution >= 4 is 22.0 Å². The molecular weight excluding hydrogens is 232 g/mol. The van der Waals surface area contributed by atoms with Crippen LogP contribution in [0.15, 0.2) is 28.9 Å². The van der Waals surface area contributed by atoms with Gasteiger partial charge in [0.25, 0.3) is 0 Å². The lowest BCUT2D eigenvalue weighted by Gasteiger charge is -2.04. The van der Waals surface area contributed by atoms with Crippen LogP contribution in [0.25, 0.3) is 6.08 Å². The highest BCUT2D eigenvalue weighted by atomic mass is 79.9. The molecule has 0 radical (unpaired) electrons. The van der Waals surface area contributed by atoms with Crippen LogP contribution in [-0.2, 0) is 4.74 Å². The fourth-order valence-electron chi connectivity index (χ4n) is 0.977. The molecule has 0 N–H and O–H groups in total. The third-order valence-electron chi connectivity index (χ3n) is 1.58. The second kappa shape index (κ2) is 4.92. The predicted molar refractivity (Wildman–Crippen MR) is 56.7 cm³/mol. The van der Waals surface area contributed by atoms with Crippen molar-refractivity contribution in [2.75, 3.05) is 14.2 Å². The number of halogens is 1. The molecular formula is C10H11BrO2. The fraction of sp³-hybridized carbons (Fsp3) is 0.200. The molecule has 2 nitrogen and oxygen atoms in total. The Bertz CT molecular complexity index is 308. The first-order chi connectivity index (χ1) is 6.27. The molecule has 0 heterocycles. The van der Waals surface area contributed by atoms with E-state index >= 15 is 0 Å². The summed E-state index contributed by atoms with van der Waals surface area (Å²) in [7, 11) is 3.26. The predicted octanol–water partition coefficient (Wildman–Crippen LogP) is 3.07. The minimum atomic E-state index is 0.830. The van der Waals surface area contributed by atoms with Gasteiger partial charge in [0.1, 0.15) is 5.75 Å². The molecule has 0 amide bonds. The van der Waals surface area contributed by atoms with Crippen LogP contribution in [-0.4, -0.2) is 14.2 Å². The van der Waals surface area contributed by atoms with Gasteiger partial charge in [0, 0.05) is 10.0 Å². The maximum absolute atomic E-state index is 5.17. The molecule has 0 saturated heterocycles. The van der Waals surface area contributed by atoms with E-state index in [0.29, 0.717) is 0 Å². The van der Waals surface area contributed by atoms with Crippen LogP contribution < -0.4 is 4.74 Å². The van der Waals surface area contributed by atoms with Crippen molar-refractivity contribution in [1.82, 2.24) is 0 Å². The molecule has 0 aromatic heterocycles. The van der Waals surface area contributed by atoms with E-state index in [2.05, 4.69) is 15.9 Å². The number of methoxy groups -OCH3 is 2. The van der Waals surface area contributed by atoms with E-state index in [0.717, 1.165) is 15.8 Å².